The van der Waals surface area contributed by atoms with E-state index in [4.69, 9.17) is 0 Å². The second-order valence-electron chi connectivity index (χ2n) is 2.28. The van der Waals surface area contributed by atoms with Crippen molar-refractivity contribution in [3.63, 3.8) is 0 Å². The van der Waals surface area contributed by atoms with Crippen LogP contribution in [0, 0.1) is 0 Å². The third-order valence-corrected chi connectivity index (χ3v) is 1.23. The molecule has 0 radical (unpaired) electrons. The van der Waals surface area contributed by atoms with Crippen LogP contribution >= 0.6 is 0 Å². The van der Waals surface area contributed by atoms with Crippen molar-refractivity contribution in [2.24, 2.45) is 0 Å². The second-order valence-corrected chi connectivity index (χ2v) is 2.28. The zero-order chi connectivity index (χ0) is 5.98. The molecule has 2 nitrogen and oxygen atoms in total. The summed E-state index contributed by atoms with van der Waals surface area (Å²) in [5.74, 6) is 0. The molecule has 0 saturated carbocycles. The van der Waals surface area contributed by atoms with Gasteiger partial charge in [0.2, 0.25) is 0 Å². The third-order valence-electron chi connectivity index (χ3n) is 1.23. The summed E-state index contributed by atoms with van der Waals surface area (Å²) in [6.07, 6.45) is 0. The lowest BCUT2D eigenvalue weighted by Crippen LogP contribution is -2.54. The van der Waals surface area contributed by atoms with Gasteiger partial charge in [0.15, 0.2) is 0 Å². The molecule has 1 heterocycles. The van der Waals surface area contributed by atoms with Gasteiger partial charge < -0.3 is 10.6 Å². The number of rotatable bonds is 2. The van der Waals surface area contributed by atoms with Crippen LogP contribution in [0.4, 0.5) is 0 Å². The predicted octanol–water partition coefficient (Wildman–Crippen LogP) is 0.0814. The molecular formula is C6H12N2. The van der Waals surface area contributed by atoms with Gasteiger partial charge in [0.25, 0.3) is 0 Å². The fraction of sp³-hybridized carbons (Fsp3) is 0.667. The van der Waals surface area contributed by atoms with E-state index in [-0.39, 0.29) is 0 Å². The molecule has 2 heteroatoms. The van der Waals surface area contributed by atoms with Crippen LogP contribution in [-0.2, 0) is 0 Å². The molecule has 2 N–H and O–H groups in total. The lowest BCUT2D eigenvalue weighted by Gasteiger charge is -2.28. The summed E-state index contributed by atoms with van der Waals surface area (Å²) in [4.78, 5) is 0. The number of hydrogen-bond donors (Lipinski definition) is 2. The number of hydrogen-bond acceptors (Lipinski definition) is 2. The highest BCUT2D eigenvalue weighted by Gasteiger charge is 2.14. The van der Waals surface area contributed by atoms with E-state index in [1.807, 2.05) is 6.92 Å². The minimum atomic E-state index is 0.646. The van der Waals surface area contributed by atoms with E-state index >= 15 is 0 Å². The van der Waals surface area contributed by atoms with E-state index in [0.29, 0.717) is 6.04 Å². The normalized spacial score (nSPS) is 19.6. The molecule has 0 aromatic rings. The summed E-state index contributed by atoms with van der Waals surface area (Å²) in [5.41, 5.74) is 1.07. The molecule has 0 aromatic heterocycles. The summed E-state index contributed by atoms with van der Waals surface area (Å²) in [6.45, 7) is 7.90. The van der Waals surface area contributed by atoms with E-state index in [2.05, 4.69) is 17.2 Å². The Morgan fingerprint density at radius 2 is 2.38 bits per heavy atom. The van der Waals surface area contributed by atoms with Gasteiger partial charge in [0, 0.05) is 18.8 Å². The maximum absolute atomic E-state index is 3.74. The summed E-state index contributed by atoms with van der Waals surface area (Å²) >= 11 is 0. The lowest BCUT2D eigenvalue weighted by atomic mass is 10.2. The van der Waals surface area contributed by atoms with Crippen molar-refractivity contribution < 1.29 is 0 Å². The van der Waals surface area contributed by atoms with Gasteiger partial charge in [0.05, 0.1) is 6.04 Å². The van der Waals surface area contributed by atoms with E-state index in [1.54, 1.807) is 0 Å². The van der Waals surface area contributed by atoms with Crippen molar-refractivity contribution in [1.82, 2.24) is 10.6 Å². The Morgan fingerprint density at radius 1 is 1.75 bits per heavy atom. The standard InChI is InChI=1S/C6H12N2/c1-5(2)8-6-3-7-4-6/h6-8H,1,3-4H2,2H3. The Morgan fingerprint density at radius 3 is 2.50 bits per heavy atom. The van der Waals surface area contributed by atoms with Crippen molar-refractivity contribution in [3.05, 3.63) is 12.3 Å². The Balaban J connectivity index is 2.09. The molecule has 0 bridgehead atoms. The summed E-state index contributed by atoms with van der Waals surface area (Å²) in [7, 11) is 0. The fourth-order valence-corrected chi connectivity index (χ4v) is 0.739. The second kappa shape index (κ2) is 2.18. The van der Waals surface area contributed by atoms with Crippen molar-refractivity contribution in [2.75, 3.05) is 13.1 Å². The van der Waals surface area contributed by atoms with Crippen LogP contribution in [0.5, 0.6) is 0 Å². The smallest absolute Gasteiger partial charge is 0.0507 e. The molecule has 0 aliphatic carbocycles. The van der Waals surface area contributed by atoms with E-state index < -0.39 is 0 Å². The van der Waals surface area contributed by atoms with E-state index in [9.17, 15) is 0 Å². The van der Waals surface area contributed by atoms with E-state index in [0.717, 1.165) is 18.8 Å². The highest BCUT2D eigenvalue weighted by molar-refractivity contribution is 4.93. The molecule has 0 spiro atoms. The SMILES string of the molecule is C=C(C)NC1CNC1. The number of allylic oxidation sites excluding steroid dienone is 1. The molecular weight excluding hydrogens is 100 g/mol. The molecule has 46 valence electrons. The predicted molar refractivity (Wildman–Crippen MR) is 34.6 cm³/mol. The zero-order valence-electron chi connectivity index (χ0n) is 5.20. The van der Waals surface area contributed by atoms with Gasteiger partial charge in [-0.2, -0.15) is 0 Å². The van der Waals surface area contributed by atoms with Gasteiger partial charge in [0.1, 0.15) is 0 Å². The Bertz CT molecular complexity index is 94.7. The van der Waals surface area contributed by atoms with Crippen LogP contribution in [-0.4, -0.2) is 19.1 Å². The molecule has 0 aromatic carbocycles. The van der Waals surface area contributed by atoms with Gasteiger partial charge in [-0.05, 0) is 6.92 Å². The van der Waals surface area contributed by atoms with Crippen LogP contribution in [0.25, 0.3) is 0 Å². The van der Waals surface area contributed by atoms with Crippen molar-refractivity contribution >= 4 is 0 Å². The monoisotopic (exact) mass is 112 g/mol. The van der Waals surface area contributed by atoms with Crippen LogP contribution < -0.4 is 10.6 Å². The van der Waals surface area contributed by atoms with Gasteiger partial charge in [-0.1, -0.05) is 6.58 Å². The third kappa shape index (κ3) is 1.23. The fourth-order valence-electron chi connectivity index (χ4n) is 0.739. The molecule has 0 amide bonds. The van der Waals surface area contributed by atoms with Crippen molar-refractivity contribution in [2.45, 2.75) is 13.0 Å². The molecule has 1 rings (SSSR count). The van der Waals surface area contributed by atoms with Crippen molar-refractivity contribution in [3.8, 4) is 0 Å². The first-order valence-corrected chi connectivity index (χ1v) is 2.92. The van der Waals surface area contributed by atoms with Crippen LogP contribution in [0.3, 0.4) is 0 Å². The lowest BCUT2D eigenvalue weighted by molar-refractivity contribution is 0.393. The van der Waals surface area contributed by atoms with Gasteiger partial charge in [-0.3, -0.25) is 0 Å². The first-order chi connectivity index (χ1) is 3.79. The topological polar surface area (TPSA) is 24.1 Å². The first-order valence-electron chi connectivity index (χ1n) is 2.92. The Kier molecular flexibility index (Phi) is 1.53. The van der Waals surface area contributed by atoms with Crippen LogP contribution in [0.15, 0.2) is 12.3 Å². The summed E-state index contributed by atoms with van der Waals surface area (Å²) in [6, 6.07) is 0.646. The zero-order valence-corrected chi connectivity index (χ0v) is 5.20. The average Bonchev–Trinajstić information content (AvgIpc) is 1.55. The largest absolute Gasteiger partial charge is 0.384 e. The van der Waals surface area contributed by atoms with E-state index in [1.165, 1.54) is 0 Å². The molecule has 1 saturated heterocycles. The minimum Gasteiger partial charge on any atom is -0.384 e. The van der Waals surface area contributed by atoms with Crippen LogP contribution in [0.2, 0.25) is 0 Å². The first kappa shape index (κ1) is 5.63. The Labute approximate surface area is 50.0 Å². The van der Waals surface area contributed by atoms with Gasteiger partial charge in [-0.15, -0.1) is 0 Å². The summed E-state index contributed by atoms with van der Waals surface area (Å²) < 4.78 is 0. The minimum absolute atomic E-state index is 0.646. The maximum Gasteiger partial charge on any atom is 0.0507 e. The molecule has 8 heavy (non-hydrogen) atoms. The maximum atomic E-state index is 3.74. The highest BCUT2D eigenvalue weighted by atomic mass is 15.1. The quantitative estimate of drug-likeness (QED) is 0.528. The number of nitrogens with one attached hydrogen (secondary N) is 2. The summed E-state index contributed by atoms with van der Waals surface area (Å²) in [5, 5.41) is 6.39. The van der Waals surface area contributed by atoms with Gasteiger partial charge >= 0.3 is 0 Å². The Hall–Kier alpha value is -0.500. The molecule has 0 atom stereocenters. The molecule has 1 aliphatic rings. The average molecular weight is 112 g/mol. The molecule has 1 fully saturated rings. The van der Waals surface area contributed by atoms with Crippen LogP contribution in [0.1, 0.15) is 6.92 Å². The van der Waals surface area contributed by atoms with Gasteiger partial charge in [-0.25, -0.2) is 0 Å². The molecule has 1 aliphatic heterocycles. The van der Waals surface area contributed by atoms with Crippen molar-refractivity contribution in [1.29, 1.82) is 0 Å². The highest BCUT2D eigenvalue weighted by Crippen LogP contribution is 1.92. The molecule has 0 unspecified atom stereocenters.